The number of urea groups is 1. The Hall–Kier alpha value is -2.37. The van der Waals surface area contributed by atoms with Gasteiger partial charge in [-0.05, 0) is 42.4 Å². The van der Waals surface area contributed by atoms with Crippen molar-refractivity contribution in [2.45, 2.75) is 44.7 Å². The average molecular weight is 329 g/mol. The molecule has 128 valence electrons. The molecule has 1 aromatic carbocycles. The minimum Gasteiger partial charge on any atom is -0.352 e. The van der Waals surface area contributed by atoms with Crippen molar-refractivity contribution < 1.29 is 14.4 Å². The molecule has 0 aromatic heterocycles. The largest absolute Gasteiger partial charge is 0.352 e. The molecule has 6 heteroatoms. The van der Waals surface area contributed by atoms with Crippen molar-refractivity contribution in [1.29, 1.82) is 0 Å². The van der Waals surface area contributed by atoms with Crippen LogP contribution in [0.5, 0.6) is 0 Å². The maximum absolute atomic E-state index is 12.1. The maximum Gasteiger partial charge on any atom is 0.326 e. The second kappa shape index (κ2) is 6.63. The molecule has 24 heavy (non-hydrogen) atoms. The molecule has 0 spiro atoms. The van der Waals surface area contributed by atoms with Gasteiger partial charge in [-0.3, -0.25) is 14.5 Å². The molecule has 0 bridgehead atoms. The van der Waals surface area contributed by atoms with Gasteiger partial charge in [-0.15, -0.1) is 0 Å². The molecule has 2 aliphatic rings. The highest BCUT2D eigenvalue weighted by molar-refractivity contribution is 6.05. The molecule has 1 saturated heterocycles. The second-order valence-corrected chi connectivity index (χ2v) is 6.60. The van der Waals surface area contributed by atoms with Crippen molar-refractivity contribution in [3.63, 3.8) is 0 Å². The number of hydrogen-bond donors (Lipinski definition) is 1. The Bertz CT molecular complexity index is 686. The summed E-state index contributed by atoms with van der Waals surface area (Å²) in [7, 11) is 2.98. The second-order valence-electron chi connectivity index (χ2n) is 6.60. The Balaban J connectivity index is 1.56. The number of carbonyl (C=O) groups is 3. The molecule has 1 heterocycles. The zero-order chi connectivity index (χ0) is 17.3. The summed E-state index contributed by atoms with van der Waals surface area (Å²) >= 11 is 0. The summed E-state index contributed by atoms with van der Waals surface area (Å²) < 4.78 is 0. The van der Waals surface area contributed by atoms with Crippen LogP contribution in [0.2, 0.25) is 0 Å². The van der Waals surface area contributed by atoms with Gasteiger partial charge in [0.1, 0.15) is 6.04 Å². The van der Waals surface area contributed by atoms with Crippen molar-refractivity contribution in [3.05, 3.63) is 34.9 Å². The van der Waals surface area contributed by atoms with Crippen molar-refractivity contribution in [3.8, 4) is 0 Å². The van der Waals surface area contributed by atoms with Crippen LogP contribution in [-0.4, -0.2) is 47.8 Å². The van der Waals surface area contributed by atoms with E-state index in [0.717, 1.165) is 23.3 Å². The molecule has 1 atom stereocenters. The summed E-state index contributed by atoms with van der Waals surface area (Å²) in [6.07, 6.45) is 4.71. The lowest BCUT2D eigenvalue weighted by Crippen LogP contribution is -2.37. The summed E-state index contributed by atoms with van der Waals surface area (Å²) in [5.74, 6) is -0.549. The van der Waals surface area contributed by atoms with Gasteiger partial charge in [-0.2, -0.15) is 0 Å². The lowest BCUT2D eigenvalue weighted by Gasteiger charge is -2.17. The van der Waals surface area contributed by atoms with Crippen molar-refractivity contribution in [2.24, 2.45) is 0 Å². The van der Waals surface area contributed by atoms with Gasteiger partial charge in [0.25, 0.3) is 5.91 Å². The molecule has 1 fully saturated rings. The minimum atomic E-state index is -0.703. The molecule has 6 nitrogen and oxygen atoms in total. The van der Waals surface area contributed by atoms with Crippen LogP contribution in [0.4, 0.5) is 4.79 Å². The highest BCUT2D eigenvalue weighted by atomic mass is 16.2. The minimum absolute atomic E-state index is 0.00362. The molecule has 4 amide bonds. The molecule has 1 aromatic rings. The lowest BCUT2D eigenvalue weighted by atomic mass is 9.90. The molecule has 0 unspecified atom stereocenters. The molecular weight excluding hydrogens is 306 g/mol. The number of hydrogen-bond acceptors (Lipinski definition) is 3. The summed E-state index contributed by atoms with van der Waals surface area (Å²) in [5.41, 5.74) is 3.87. The fourth-order valence-corrected chi connectivity index (χ4v) is 3.42. The standard InChI is InChI=1S/C18H23N3O3/c1-20-15(17(23)21(2)18(20)24)10-16(22)19-11-12-7-8-13-5-3-4-6-14(13)9-12/h7-9,15H,3-6,10-11H2,1-2H3,(H,19,22)/t15-/m1/s1. The number of nitrogens with zero attached hydrogens (tertiary/aromatic N) is 2. The molecule has 1 aliphatic heterocycles. The van der Waals surface area contributed by atoms with Gasteiger partial charge >= 0.3 is 6.03 Å². The normalized spacial score (nSPS) is 20.3. The topological polar surface area (TPSA) is 69.7 Å². The Labute approximate surface area is 141 Å². The van der Waals surface area contributed by atoms with Crippen LogP contribution < -0.4 is 5.32 Å². The van der Waals surface area contributed by atoms with Crippen molar-refractivity contribution >= 4 is 17.8 Å². The maximum atomic E-state index is 12.1. The van der Waals surface area contributed by atoms with Crippen LogP contribution >= 0.6 is 0 Å². The monoisotopic (exact) mass is 329 g/mol. The number of amides is 4. The Morgan fingerprint density at radius 3 is 2.54 bits per heavy atom. The van der Waals surface area contributed by atoms with E-state index in [9.17, 15) is 14.4 Å². The van der Waals surface area contributed by atoms with E-state index in [1.807, 2.05) is 0 Å². The Kier molecular flexibility index (Phi) is 4.55. The summed E-state index contributed by atoms with van der Waals surface area (Å²) in [5, 5.41) is 2.86. The Morgan fingerprint density at radius 2 is 1.88 bits per heavy atom. The van der Waals surface area contributed by atoms with Gasteiger partial charge in [-0.1, -0.05) is 18.2 Å². The third kappa shape index (κ3) is 3.13. The number of fused-ring (bicyclic) bond motifs is 1. The van der Waals surface area contributed by atoms with Crippen molar-refractivity contribution in [1.82, 2.24) is 15.1 Å². The molecule has 1 aliphatic carbocycles. The van der Waals surface area contributed by atoms with Gasteiger partial charge in [0.2, 0.25) is 5.91 Å². The molecular formula is C18H23N3O3. The van der Waals surface area contributed by atoms with Crippen LogP contribution in [-0.2, 0) is 29.0 Å². The predicted molar refractivity (Wildman–Crippen MR) is 89.3 cm³/mol. The summed E-state index contributed by atoms with van der Waals surface area (Å²) in [6, 6.07) is 5.30. The number of likely N-dealkylation sites (N-methyl/N-ethyl adjacent to an activating group) is 2. The van der Waals surface area contributed by atoms with E-state index in [2.05, 4.69) is 23.5 Å². The van der Waals surface area contributed by atoms with Crippen LogP contribution in [0.25, 0.3) is 0 Å². The van der Waals surface area contributed by atoms with E-state index < -0.39 is 6.04 Å². The van der Waals surface area contributed by atoms with Crippen LogP contribution in [0.15, 0.2) is 18.2 Å². The quantitative estimate of drug-likeness (QED) is 0.850. The fraction of sp³-hybridized carbons (Fsp3) is 0.500. The SMILES string of the molecule is CN1C(=O)[C@@H](CC(=O)NCc2ccc3c(c2)CCCC3)N(C)C1=O. The third-order valence-corrected chi connectivity index (χ3v) is 4.95. The number of carbonyl (C=O) groups excluding carboxylic acids is 3. The first-order valence-corrected chi connectivity index (χ1v) is 8.39. The predicted octanol–water partition coefficient (Wildman–Crippen LogP) is 1.46. The van der Waals surface area contributed by atoms with Crippen LogP contribution in [0.1, 0.15) is 36.0 Å². The third-order valence-electron chi connectivity index (χ3n) is 4.95. The van der Waals surface area contributed by atoms with Crippen LogP contribution in [0.3, 0.4) is 0 Å². The van der Waals surface area contributed by atoms with Gasteiger partial charge in [-0.25, -0.2) is 4.79 Å². The van der Waals surface area contributed by atoms with Gasteiger partial charge in [0.15, 0.2) is 0 Å². The van der Waals surface area contributed by atoms with E-state index in [-0.39, 0.29) is 24.3 Å². The first kappa shape index (κ1) is 16.5. The fourth-order valence-electron chi connectivity index (χ4n) is 3.42. The summed E-state index contributed by atoms with van der Waals surface area (Å²) in [6.45, 7) is 0.445. The van der Waals surface area contributed by atoms with E-state index >= 15 is 0 Å². The number of imide groups is 1. The van der Waals surface area contributed by atoms with E-state index in [1.165, 1.54) is 35.9 Å². The molecule has 1 N–H and O–H groups in total. The number of aryl methyl sites for hydroxylation is 2. The lowest BCUT2D eigenvalue weighted by molar-refractivity contribution is -0.131. The zero-order valence-corrected chi connectivity index (χ0v) is 14.2. The molecule has 0 radical (unpaired) electrons. The highest BCUT2D eigenvalue weighted by Gasteiger charge is 2.41. The van der Waals surface area contributed by atoms with Crippen LogP contribution in [0, 0.1) is 0 Å². The first-order chi connectivity index (χ1) is 11.5. The van der Waals surface area contributed by atoms with Gasteiger partial charge in [0.05, 0.1) is 6.42 Å². The average Bonchev–Trinajstić information content (AvgIpc) is 2.77. The van der Waals surface area contributed by atoms with E-state index in [0.29, 0.717) is 6.54 Å². The van der Waals surface area contributed by atoms with Gasteiger partial charge < -0.3 is 10.2 Å². The first-order valence-electron chi connectivity index (χ1n) is 8.39. The summed E-state index contributed by atoms with van der Waals surface area (Å²) in [4.78, 5) is 38.2. The van der Waals surface area contributed by atoms with Gasteiger partial charge in [0, 0.05) is 20.6 Å². The van der Waals surface area contributed by atoms with E-state index in [4.69, 9.17) is 0 Å². The molecule has 3 rings (SSSR count). The molecule has 0 saturated carbocycles. The van der Waals surface area contributed by atoms with E-state index in [1.54, 1.807) is 7.05 Å². The number of rotatable bonds is 4. The zero-order valence-electron chi connectivity index (χ0n) is 14.2. The Morgan fingerprint density at radius 1 is 1.17 bits per heavy atom. The number of benzene rings is 1. The van der Waals surface area contributed by atoms with Crippen molar-refractivity contribution in [2.75, 3.05) is 14.1 Å². The highest BCUT2D eigenvalue weighted by Crippen LogP contribution is 2.22. The number of nitrogens with one attached hydrogen (secondary N) is 1. The smallest absolute Gasteiger partial charge is 0.326 e.